The average Bonchev–Trinajstić information content (AvgIpc) is 2.54. The molecule has 2 nitrogen and oxygen atoms in total. The van der Waals surface area contributed by atoms with E-state index in [-0.39, 0.29) is 5.54 Å². The van der Waals surface area contributed by atoms with Gasteiger partial charge in [-0.15, -0.1) is 0 Å². The van der Waals surface area contributed by atoms with Crippen LogP contribution in [0.5, 0.6) is 0 Å². The molecule has 1 unspecified atom stereocenters. The molecule has 0 radical (unpaired) electrons. The maximum Gasteiger partial charge on any atom is 0.102 e. The highest BCUT2D eigenvalue weighted by Gasteiger charge is 2.30. The molecule has 0 aromatic heterocycles. The minimum absolute atomic E-state index is 0.0329. The lowest BCUT2D eigenvalue weighted by Gasteiger charge is -2.23. The number of rotatable bonds is 6. The first-order valence-electron chi connectivity index (χ1n) is 5.84. The minimum atomic E-state index is 0.0329. The van der Waals surface area contributed by atoms with Gasteiger partial charge >= 0.3 is 0 Å². The molecule has 0 aromatic carbocycles. The standard InChI is InChI=1S/C12H22N2/c1-4-6-8-11-10-13-14-12(11,3)9-7-5-2/h10H,4-9H2,1-3H3. The highest BCUT2D eigenvalue weighted by atomic mass is 15.2. The van der Waals surface area contributed by atoms with E-state index in [4.69, 9.17) is 0 Å². The Hall–Kier alpha value is -0.660. The van der Waals surface area contributed by atoms with E-state index in [0.29, 0.717) is 0 Å². The van der Waals surface area contributed by atoms with Crippen molar-refractivity contribution in [2.24, 2.45) is 10.2 Å². The molecule has 1 heterocycles. The Morgan fingerprint density at radius 3 is 2.57 bits per heavy atom. The summed E-state index contributed by atoms with van der Waals surface area (Å²) in [7, 11) is 0. The van der Waals surface area contributed by atoms with E-state index < -0.39 is 0 Å². The maximum absolute atomic E-state index is 4.37. The van der Waals surface area contributed by atoms with E-state index in [1.807, 2.05) is 6.20 Å². The van der Waals surface area contributed by atoms with Crippen LogP contribution in [-0.2, 0) is 0 Å². The molecule has 0 aromatic rings. The van der Waals surface area contributed by atoms with Gasteiger partial charge in [0.05, 0.1) is 6.20 Å². The van der Waals surface area contributed by atoms with Gasteiger partial charge in [0, 0.05) is 0 Å². The third-order valence-corrected chi connectivity index (χ3v) is 3.00. The normalized spacial score (nSPS) is 25.5. The minimum Gasteiger partial charge on any atom is -0.178 e. The van der Waals surface area contributed by atoms with Gasteiger partial charge in [0.2, 0.25) is 0 Å². The van der Waals surface area contributed by atoms with E-state index >= 15 is 0 Å². The third-order valence-electron chi connectivity index (χ3n) is 3.00. The summed E-state index contributed by atoms with van der Waals surface area (Å²) >= 11 is 0. The van der Waals surface area contributed by atoms with Crippen LogP contribution in [0.4, 0.5) is 0 Å². The third kappa shape index (κ3) is 2.66. The Balaban J connectivity index is 2.50. The predicted molar refractivity (Wildman–Crippen MR) is 60.4 cm³/mol. The van der Waals surface area contributed by atoms with Crippen molar-refractivity contribution in [2.45, 2.75) is 64.8 Å². The lowest BCUT2D eigenvalue weighted by Crippen LogP contribution is -2.22. The average molecular weight is 194 g/mol. The fourth-order valence-electron chi connectivity index (χ4n) is 1.86. The fraction of sp³-hybridized carbons (Fsp3) is 0.833. The SMILES string of the molecule is CCCCC1=CN=NC1(C)CCCC. The largest absolute Gasteiger partial charge is 0.178 e. The Morgan fingerprint density at radius 1 is 1.21 bits per heavy atom. The molecular formula is C12H22N2. The monoisotopic (exact) mass is 194 g/mol. The molecule has 0 spiro atoms. The van der Waals surface area contributed by atoms with Gasteiger partial charge in [0.25, 0.3) is 0 Å². The molecule has 0 aliphatic carbocycles. The molecule has 1 aliphatic heterocycles. The quantitative estimate of drug-likeness (QED) is 0.595. The summed E-state index contributed by atoms with van der Waals surface area (Å²) in [6.07, 6.45) is 9.31. The van der Waals surface area contributed by atoms with Crippen LogP contribution in [0.1, 0.15) is 59.3 Å². The molecule has 0 fully saturated rings. The summed E-state index contributed by atoms with van der Waals surface area (Å²) in [5.41, 5.74) is 1.47. The molecule has 0 saturated carbocycles. The van der Waals surface area contributed by atoms with Crippen molar-refractivity contribution in [1.29, 1.82) is 0 Å². The van der Waals surface area contributed by atoms with Crippen LogP contribution in [0.25, 0.3) is 0 Å². The fourth-order valence-corrected chi connectivity index (χ4v) is 1.86. The van der Waals surface area contributed by atoms with E-state index in [1.165, 1.54) is 37.7 Å². The molecule has 80 valence electrons. The molecule has 14 heavy (non-hydrogen) atoms. The van der Waals surface area contributed by atoms with Crippen molar-refractivity contribution < 1.29 is 0 Å². The van der Waals surface area contributed by atoms with Crippen LogP contribution in [0.2, 0.25) is 0 Å². The first kappa shape index (κ1) is 11.4. The number of unbranched alkanes of at least 4 members (excludes halogenated alkanes) is 2. The van der Waals surface area contributed by atoms with E-state index in [0.717, 1.165) is 6.42 Å². The van der Waals surface area contributed by atoms with Gasteiger partial charge in [-0.2, -0.15) is 10.2 Å². The molecule has 0 amide bonds. The van der Waals surface area contributed by atoms with E-state index in [2.05, 4.69) is 31.0 Å². The number of hydrogen-bond acceptors (Lipinski definition) is 2. The van der Waals surface area contributed by atoms with Crippen molar-refractivity contribution >= 4 is 0 Å². The molecule has 1 aliphatic rings. The van der Waals surface area contributed by atoms with E-state index in [9.17, 15) is 0 Å². The number of hydrogen-bond donors (Lipinski definition) is 0. The zero-order chi connectivity index (χ0) is 10.4. The molecule has 0 N–H and O–H groups in total. The van der Waals surface area contributed by atoms with Gasteiger partial charge in [-0.3, -0.25) is 0 Å². The van der Waals surface area contributed by atoms with E-state index in [1.54, 1.807) is 0 Å². The van der Waals surface area contributed by atoms with Crippen LogP contribution in [0.3, 0.4) is 0 Å². The predicted octanol–water partition coefficient (Wildman–Crippen LogP) is 4.48. The second-order valence-electron chi connectivity index (χ2n) is 4.35. The van der Waals surface area contributed by atoms with Gasteiger partial charge in [0.1, 0.15) is 5.54 Å². The van der Waals surface area contributed by atoms with Crippen molar-refractivity contribution in [3.05, 3.63) is 11.8 Å². The highest BCUT2D eigenvalue weighted by molar-refractivity contribution is 5.21. The topological polar surface area (TPSA) is 24.7 Å². The summed E-state index contributed by atoms with van der Waals surface area (Å²) in [4.78, 5) is 0. The van der Waals surface area contributed by atoms with Crippen molar-refractivity contribution in [1.82, 2.24) is 0 Å². The summed E-state index contributed by atoms with van der Waals surface area (Å²) in [5, 5.41) is 8.46. The van der Waals surface area contributed by atoms with Gasteiger partial charge in [0.15, 0.2) is 0 Å². The molecule has 0 saturated heterocycles. The van der Waals surface area contributed by atoms with Crippen LogP contribution in [0, 0.1) is 0 Å². The summed E-state index contributed by atoms with van der Waals surface area (Å²) in [6.45, 7) is 6.68. The summed E-state index contributed by atoms with van der Waals surface area (Å²) in [5.74, 6) is 0. The smallest absolute Gasteiger partial charge is 0.102 e. The molecular weight excluding hydrogens is 172 g/mol. The van der Waals surface area contributed by atoms with Crippen molar-refractivity contribution in [3.8, 4) is 0 Å². The van der Waals surface area contributed by atoms with Gasteiger partial charge < -0.3 is 0 Å². The maximum atomic E-state index is 4.37. The second kappa shape index (κ2) is 5.28. The molecule has 0 bridgehead atoms. The highest BCUT2D eigenvalue weighted by Crippen LogP contribution is 2.35. The zero-order valence-electron chi connectivity index (χ0n) is 9.71. The Labute approximate surface area is 87.5 Å². The lowest BCUT2D eigenvalue weighted by molar-refractivity contribution is 0.463. The first-order chi connectivity index (χ1) is 6.73. The van der Waals surface area contributed by atoms with Crippen LogP contribution in [-0.4, -0.2) is 5.54 Å². The van der Waals surface area contributed by atoms with Gasteiger partial charge in [-0.05, 0) is 31.8 Å². The molecule has 1 rings (SSSR count). The van der Waals surface area contributed by atoms with Crippen LogP contribution in [0.15, 0.2) is 22.0 Å². The molecule has 1 atom stereocenters. The second-order valence-corrected chi connectivity index (χ2v) is 4.35. The van der Waals surface area contributed by atoms with Crippen LogP contribution >= 0.6 is 0 Å². The van der Waals surface area contributed by atoms with Gasteiger partial charge in [-0.1, -0.05) is 33.1 Å². The molecule has 2 heteroatoms. The van der Waals surface area contributed by atoms with Gasteiger partial charge in [-0.25, -0.2) is 0 Å². The summed E-state index contributed by atoms with van der Waals surface area (Å²) in [6, 6.07) is 0. The zero-order valence-corrected chi connectivity index (χ0v) is 9.71. The number of nitrogens with zero attached hydrogens (tertiary/aromatic N) is 2. The van der Waals surface area contributed by atoms with Crippen molar-refractivity contribution in [2.75, 3.05) is 0 Å². The van der Waals surface area contributed by atoms with Crippen LogP contribution < -0.4 is 0 Å². The lowest BCUT2D eigenvalue weighted by atomic mass is 9.86. The first-order valence-corrected chi connectivity index (χ1v) is 5.84. The Bertz CT molecular complexity index is 230. The number of azo groups is 1. The Morgan fingerprint density at radius 2 is 1.93 bits per heavy atom. The Kier molecular flexibility index (Phi) is 4.30. The summed E-state index contributed by atoms with van der Waals surface area (Å²) < 4.78 is 0. The van der Waals surface area contributed by atoms with Crippen molar-refractivity contribution in [3.63, 3.8) is 0 Å².